The third kappa shape index (κ3) is 6.32. The van der Waals surface area contributed by atoms with E-state index < -0.39 is 0 Å². The Hall–Kier alpha value is -3.54. The lowest BCUT2D eigenvalue weighted by Gasteiger charge is -2.13. The number of hydrogen-bond donors (Lipinski definition) is 3. The molecule has 6 heteroatoms. The molecular weight excluding hydrogens is 352 g/mol. The summed E-state index contributed by atoms with van der Waals surface area (Å²) in [5.74, 6) is 1.11. The molecule has 1 aromatic heterocycles. The van der Waals surface area contributed by atoms with Gasteiger partial charge in [0.25, 0.3) is 0 Å². The molecule has 28 heavy (non-hydrogen) atoms. The van der Waals surface area contributed by atoms with Gasteiger partial charge in [-0.15, -0.1) is 0 Å². The highest BCUT2D eigenvalue weighted by molar-refractivity contribution is 5.95. The standard InChI is InChI=1S/C22H24N4O2/c1-17-9-11-18(12-10-17)14-24-22(26-19-6-3-2-4-7-19)25-16-21(27)23-15-20-8-5-13-28-20/h2-13H,14-16H2,1H3,(H,23,27)(H2,24,25,26). The number of carbonyl (C=O) groups is 1. The van der Waals surface area contributed by atoms with E-state index >= 15 is 0 Å². The van der Waals surface area contributed by atoms with Crippen molar-refractivity contribution in [2.75, 3.05) is 11.9 Å². The van der Waals surface area contributed by atoms with Crippen LogP contribution < -0.4 is 16.0 Å². The molecule has 3 rings (SSSR count). The number of carbonyl (C=O) groups excluding carboxylic acids is 1. The molecule has 0 unspecified atom stereocenters. The number of furan rings is 1. The maximum absolute atomic E-state index is 12.1. The number of rotatable bonds is 7. The van der Waals surface area contributed by atoms with Crippen LogP contribution in [0.15, 0.2) is 82.4 Å². The SMILES string of the molecule is Cc1ccc(CN=C(NCC(=O)NCc2ccco2)Nc2ccccc2)cc1. The number of aliphatic imine (C=N–C) groups is 1. The summed E-state index contributed by atoms with van der Waals surface area (Å²) in [6.07, 6.45) is 1.58. The molecule has 0 aliphatic rings. The van der Waals surface area contributed by atoms with Crippen molar-refractivity contribution in [2.24, 2.45) is 4.99 Å². The van der Waals surface area contributed by atoms with E-state index in [0.29, 0.717) is 24.8 Å². The Bertz CT molecular complexity index is 888. The van der Waals surface area contributed by atoms with Crippen molar-refractivity contribution < 1.29 is 9.21 Å². The molecule has 3 N–H and O–H groups in total. The average molecular weight is 376 g/mol. The van der Waals surface area contributed by atoms with Crippen molar-refractivity contribution in [3.05, 3.63) is 89.9 Å². The van der Waals surface area contributed by atoms with E-state index in [1.807, 2.05) is 36.4 Å². The first kappa shape index (κ1) is 19.2. The number of hydrogen-bond acceptors (Lipinski definition) is 3. The maximum atomic E-state index is 12.1. The first-order valence-corrected chi connectivity index (χ1v) is 9.14. The largest absolute Gasteiger partial charge is 0.467 e. The fourth-order valence-corrected chi connectivity index (χ4v) is 2.49. The van der Waals surface area contributed by atoms with Crippen molar-refractivity contribution in [2.45, 2.75) is 20.0 Å². The number of nitrogens with zero attached hydrogens (tertiary/aromatic N) is 1. The number of para-hydroxylation sites is 1. The lowest BCUT2D eigenvalue weighted by molar-refractivity contribution is -0.120. The third-order valence-corrected chi connectivity index (χ3v) is 4.03. The molecule has 0 radical (unpaired) electrons. The molecule has 0 saturated heterocycles. The fraction of sp³-hybridized carbons (Fsp3) is 0.182. The molecule has 0 aliphatic heterocycles. The van der Waals surface area contributed by atoms with E-state index in [1.165, 1.54) is 5.56 Å². The van der Waals surface area contributed by atoms with Crippen molar-refractivity contribution in [3.8, 4) is 0 Å². The van der Waals surface area contributed by atoms with Crippen LogP contribution in [-0.4, -0.2) is 18.4 Å². The number of aryl methyl sites for hydroxylation is 1. The smallest absolute Gasteiger partial charge is 0.239 e. The summed E-state index contributed by atoms with van der Waals surface area (Å²) in [7, 11) is 0. The van der Waals surface area contributed by atoms with Crippen LogP contribution in [-0.2, 0) is 17.9 Å². The Balaban J connectivity index is 1.59. The van der Waals surface area contributed by atoms with Gasteiger partial charge in [-0.05, 0) is 36.8 Å². The van der Waals surface area contributed by atoms with Crippen LogP contribution in [0.4, 0.5) is 5.69 Å². The Labute approximate surface area is 164 Å². The summed E-state index contributed by atoms with van der Waals surface area (Å²) in [5, 5.41) is 9.11. The predicted octanol–water partition coefficient (Wildman–Crippen LogP) is 3.46. The van der Waals surface area contributed by atoms with Crippen LogP contribution in [0, 0.1) is 6.92 Å². The molecule has 144 valence electrons. The molecule has 2 aromatic carbocycles. The fourth-order valence-electron chi connectivity index (χ4n) is 2.49. The van der Waals surface area contributed by atoms with Crippen molar-refractivity contribution in [1.82, 2.24) is 10.6 Å². The summed E-state index contributed by atoms with van der Waals surface area (Å²) >= 11 is 0. The van der Waals surface area contributed by atoms with Gasteiger partial charge in [0.2, 0.25) is 5.91 Å². The van der Waals surface area contributed by atoms with E-state index in [2.05, 4.69) is 52.1 Å². The van der Waals surface area contributed by atoms with Gasteiger partial charge in [0.15, 0.2) is 5.96 Å². The first-order valence-electron chi connectivity index (χ1n) is 9.14. The van der Waals surface area contributed by atoms with Gasteiger partial charge < -0.3 is 20.4 Å². The molecule has 0 bridgehead atoms. The van der Waals surface area contributed by atoms with Gasteiger partial charge in [-0.25, -0.2) is 4.99 Å². The van der Waals surface area contributed by atoms with Gasteiger partial charge >= 0.3 is 0 Å². The number of benzene rings is 2. The van der Waals surface area contributed by atoms with Gasteiger partial charge in [0, 0.05) is 5.69 Å². The molecule has 1 amide bonds. The normalized spacial score (nSPS) is 11.1. The van der Waals surface area contributed by atoms with E-state index in [1.54, 1.807) is 12.3 Å². The van der Waals surface area contributed by atoms with Gasteiger partial charge in [-0.1, -0.05) is 48.0 Å². The highest BCUT2D eigenvalue weighted by Crippen LogP contribution is 2.07. The monoisotopic (exact) mass is 376 g/mol. The lowest BCUT2D eigenvalue weighted by atomic mass is 10.1. The zero-order chi connectivity index (χ0) is 19.6. The van der Waals surface area contributed by atoms with E-state index in [9.17, 15) is 4.79 Å². The quantitative estimate of drug-likeness (QED) is 0.436. The second kappa shape index (κ2) is 9.97. The Morgan fingerprint density at radius 1 is 0.964 bits per heavy atom. The zero-order valence-corrected chi connectivity index (χ0v) is 15.8. The summed E-state index contributed by atoms with van der Waals surface area (Å²) < 4.78 is 5.21. The number of guanidine groups is 1. The van der Waals surface area contributed by atoms with Crippen LogP contribution in [0.3, 0.4) is 0 Å². The molecule has 0 spiro atoms. The lowest BCUT2D eigenvalue weighted by Crippen LogP contribution is -2.39. The highest BCUT2D eigenvalue weighted by Gasteiger charge is 2.06. The van der Waals surface area contributed by atoms with Crippen molar-refractivity contribution in [1.29, 1.82) is 0 Å². The van der Waals surface area contributed by atoms with Crippen LogP contribution >= 0.6 is 0 Å². The third-order valence-electron chi connectivity index (χ3n) is 4.03. The summed E-state index contributed by atoms with van der Waals surface area (Å²) in [6, 6.07) is 21.5. The topological polar surface area (TPSA) is 78.7 Å². The predicted molar refractivity (Wildman–Crippen MR) is 111 cm³/mol. The van der Waals surface area contributed by atoms with Crippen LogP contribution in [0.5, 0.6) is 0 Å². The second-order valence-corrected chi connectivity index (χ2v) is 6.35. The van der Waals surface area contributed by atoms with Crippen LogP contribution in [0.2, 0.25) is 0 Å². The molecule has 0 saturated carbocycles. The Kier molecular flexibility index (Phi) is 6.84. The number of anilines is 1. The van der Waals surface area contributed by atoms with E-state index in [0.717, 1.165) is 11.3 Å². The number of nitrogens with one attached hydrogen (secondary N) is 3. The molecule has 0 aliphatic carbocycles. The van der Waals surface area contributed by atoms with Crippen molar-refractivity contribution in [3.63, 3.8) is 0 Å². The molecule has 3 aromatic rings. The highest BCUT2D eigenvalue weighted by atomic mass is 16.3. The maximum Gasteiger partial charge on any atom is 0.239 e. The van der Waals surface area contributed by atoms with Gasteiger partial charge in [-0.3, -0.25) is 4.79 Å². The minimum Gasteiger partial charge on any atom is -0.467 e. The van der Waals surface area contributed by atoms with Crippen LogP contribution in [0.1, 0.15) is 16.9 Å². The van der Waals surface area contributed by atoms with Crippen LogP contribution in [0.25, 0.3) is 0 Å². The molecule has 0 atom stereocenters. The average Bonchev–Trinajstić information content (AvgIpc) is 3.24. The Morgan fingerprint density at radius 2 is 1.75 bits per heavy atom. The minimum absolute atomic E-state index is 0.104. The van der Waals surface area contributed by atoms with E-state index in [4.69, 9.17) is 4.42 Å². The summed E-state index contributed by atoms with van der Waals surface area (Å²) in [4.78, 5) is 16.7. The van der Waals surface area contributed by atoms with Gasteiger partial charge in [-0.2, -0.15) is 0 Å². The zero-order valence-electron chi connectivity index (χ0n) is 15.8. The van der Waals surface area contributed by atoms with Crippen molar-refractivity contribution >= 4 is 17.6 Å². The van der Waals surface area contributed by atoms with E-state index in [-0.39, 0.29) is 12.5 Å². The second-order valence-electron chi connectivity index (χ2n) is 6.35. The molecular formula is C22H24N4O2. The Morgan fingerprint density at radius 3 is 2.46 bits per heavy atom. The minimum atomic E-state index is -0.144. The van der Waals surface area contributed by atoms with Gasteiger partial charge in [0.05, 0.1) is 25.9 Å². The molecule has 6 nitrogen and oxygen atoms in total. The molecule has 1 heterocycles. The number of amides is 1. The molecule has 0 fully saturated rings. The van der Waals surface area contributed by atoms with Gasteiger partial charge in [0.1, 0.15) is 5.76 Å². The first-order chi connectivity index (χ1) is 13.7. The summed E-state index contributed by atoms with van der Waals surface area (Å²) in [6.45, 7) is 3.03. The summed E-state index contributed by atoms with van der Waals surface area (Å²) in [5.41, 5.74) is 3.21.